The lowest BCUT2D eigenvalue weighted by Gasteiger charge is -2.33. The topological polar surface area (TPSA) is 97.8 Å². The second-order valence-corrected chi connectivity index (χ2v) is 10.4. The lowest BCUT2D eigenvalue weighted by atomic mass is 9.85. The van der Waals surface area contributed by atoms with Gasteiger partial charge in [0.05, 0.1) is 17.1 Å². The van der Waals surface area contributed by atoms with E-state index in [1.54, 1.807) is 18.3 Å². The van der Waals surface area contributed by atoms with E-state index < -0.39 is 16.1 Å². The third-order valence-corrected chi connectivity index (χ3v) is 8.52. The van der Waals surface area contributed by atoms with Crippen LogP contribution in [-0.2, 0) is 21.4 Å². The molecule has 1 saturated carbocycles. The highest BCUT2D eigenvalue weighted by atomic mass is 32.2. The quantitative estimate of drug-likeness (QED) is 0.741. The molecule has 9 heteroatoms. The molecule has 3 aliphatic rings. The minimum atomic E-state index is -3.90. The van der Waals surface area contributed by atoms with Crippen molar-refractivity contribution >= 4 is 15.9 Å². The van der Waals surface area contributed by atoms with Gasteiger partial charge in [-0.2, -0.15) is 4.31 Å². The van der Waals surface area contributed by atoms with Gasteiger partial charge in [-0.25, -0.2) is 8.42 Å². The molecule has 32 heavy (non-hydrogen) atoms. The molecule has 170 valence electrons. The fraction of sp³-hybridized carbons (Fsp3) is 0.478. The number of carbonyl (C=O) groups is 1. The van der Waals surface area contributed by atoms with Crippen LogP contribution in [0.5, 0.6) is 11.5 Å². The Balaban J connectivity index is 1.43. The van der Waals surface area contributed by atoms with E-state index in [0.717, 1.165) is 31.4 Å². The molecule has 0 spiro atoms. The number of hydrogen-bond donors (Lipinski definition) is 1. The average Bonchev–Trinajstić information content (AvgIpc) is 3.23. The van der Waals surface area contributed by atoms with Gasteiger partial charge in [0.15, 0.2) is 11.5 Å². The third kappa shape index (κ3) is 3.95. The van der Waals surface area contributed by atoms with Crippen molar-refractivity contribution in [3.05, 3.63) is 48.3 Å². The maximum Gasteiger partial charge on any atom is 0.244 e. The standard InChI is InChI=1S/C23H27N3O5S/c27-23(25-15-17-6-3-4-10-24-17)20-13-16-5-1-2-7-19(16)26(20)32(28,29)18-8-9-21-22(14-18)31-12-11-30-21/h3-4,6,8-10,14,16,19-20H,1-2,5,7,11-13,15H2,(H,25,27)/t16-,19-,20+/m1/s1. The Morgan fingerprint density at radius 1 is 1.09 bits per heavy atom. The Hall–Kier alpha value is -2.65. The van der Waals surface area contributed by atoms with Crippen LogP contribution < -0.4 is 14.8 Å². The zero-order valence-electron chi connectivity index (χ0n) is 17.8. The summed E-state index contributed by atoms with van der Waals surface area (Å²) < 4.78 is 40.2. The highest BCUT2D eigenvalue weighted by molar-refractivity contribution is 7.89. The Kier molecular flexibility index (Phi) is 5.77. The number of sulfonamides is 1. The van der Waals surface area contributed by atoms with Crippen LogP contribution in [0.1, 0.15) is 37.8 Å². The van der Waals surface area contributed by atoms with Crippen molar-refractivity contribution in [3.8, 4) is 11.5 Å². The zero-order valence-corrected chi connectivity index (χ0v) is 18.6. The van der Waals surface area contributed by atoms with Crippen molar-refractivity contribution in [1.29, 1.82) is 0 Å². The summed E-state index contributed by atoms with van der Waals surface area (Å²) in [7, 11) is -3.90. The van der Waals surface area contributed by atoms with E-state index in [2.05, 4.69) is 10.3 Å². The van der Waals surface area contributed by atoms with Crippen LogP contribution in [-0.4, -0.2) is 48.9 Å². The number of ether oxygens (including phenoxy) is 2. The molecule has 0 radical (unpaired) electrons. The zero-order chi connectivity index (χ0) is 22.1. The molecule has 0 bridgehead atoms. The Bertz CT molecular complexity index is 1090. The average molecular weight is 458 g/mol. The summed E-state index contributed by atoms with van der Waals surface area (Å²) in [6.45, 7) is 1.08. The number of rotatable bonds is 5. The number of fused-ring (bicyclic) bond motifs is 2. The molecule has 1 aliphatic carbocycles. The number of nitrogens with zero attached hydrogens (tertiary/aromatic N) is 2. The number of pyridine rings is 1. The number of amides is 1. The molecular formula is C23H27N3O5S. The Morgan fingerprint density at radius 2 is 1.91 bits per heavy atom. The van der Waals surface area contributed by atoms with Crippen LogP contribution in [0.15, 0.2) is 47.5 Å². The summed E-state index contributed by atoms with van der Waals surface area (Å²) in [6, 6.07) is 9.30. The summed E-state index contributed by atoms with van der Waals surface area (Å²) in [5, 5.41) is 2.90. The summed E-state index contributed by atoms with van der Waals surface area (Å²) in [4.78, 5) is 17.6. The molecule has 2 aliphatic heterocycles. The van der Waals surface area contributed by atoms with Gasteiger partial charge in [0.1, 0.15) is 19.3 Å². The van der Waals surface area contributed by atoms with Gasteiger partial charge in [0.2, 0.25) is 15.9 Å². The lowest BCUT2D eigenvalue weighted by Crippen LogP contribution is -2.49. The maximum atomic E-state index is 13.8. The van der Waals surface area contributed by atoms with E-state index in [0.29, 0.717) is 31.1 Å². The Morgan fingerprint density at radius 3 is 2.72 bits per heavy atom. The predicted molar refractivity (Wildman–Crippen MR) is 117 cm³/mol. The number of benzene rings is 1. The lowest BCUT2D eigenvalue weighted by molar-refractivity contribution is -0.124. The van der Waals surface area contributed by atoms with Crippen molar-refractivity contribution < 1.29 is 22.7 Å². The first kappa shape index (κ1) is 21.2. The molecule has 1 N–H and O–H groups in total. The fourth-order valence-corrected chi connectivity index (χ4v) is 6.98. The van der Waals surface area contributed by atoms with Gasteiger partial charge in [0, 0.05) is 18.3 Å². The summed E-state index contributed by atoms with van der Waals surface area (Å²) >= 11 is 0. The molecule has 0 unspecified atom stereocenters. The predicted octanol–water partition coefficient (Wildman–Crippen LogP) is 2.49. The molecule has 1 amide bonds. The van der Waals surface area contributed by atoms with E-state index >= 15 is 0 Å². The SMILES string of the molecule is O=C(NCc1ccccn1)[C@@H]1C[C@H]2CCCC[C@H]2N1S(=O)(=O)c1ccc2c(c1)OCCO2. The van der Waals surface area contributed by atoms with Crippen LogP contribution in [0.4, 0.5) is 0 Å². The molecule has 3 heterocycles. The van der Waals surface area contributed by atoms with Gasteiger partial charge in [0.25, 0.3) is 0 Å². The van der Waals surface area contributed by atoms with E-state index in [4.69, 9.17) is 9.47 Å². The molecule has 2 fully saturated rings. The summed E-state index contributed by atoms with van der Waals surface area (Å²) in [5.41, 5.74) is 0.734. The smallest absolute Gasteiger partial charge is 0.244 e. The number of carbonyl (C=O) groups excluding carboxylic acids is 1. The van der Waals surface area contributed by atoms with Gasteiger partial charge >= 0.3 is 0 Å². The molecule has 1 aromatic carbocycles. The van der Waals surface area contributed by atoms with Crippen molar-refractivity contribution in [3.63, 3.8) is 0 Å². The van der Waals surface area contributed by atoms with Gasteiger partial charge in [-0.1, -0.05) is 18.9 Å². The normalized spacial score (nSPS) is 25.2. The molecule has 8 nitrogen and oxygen atoms in total. The van der Waals surface area contributed by atoms with Crippen molar-refractivity contribution in [2.75, 3.05) is 13.2 Å². The van der Waals surface area contributed by atoms with Crippen LogP contribution in [0.2, 0.25) is 0 Å². The molecular weight excluding hydrogens is 430 g/mol. The second-order valence-electron chi connectivity index (χ2n) is 8.54. The molecule has 1 saturated heterocycles. The van der Waals surface area contributed by atoms with Gasteiger partial charge in [-0.3, -0.25) is 9.78 Å². The number of hydrogen-bond acceptors (Lipinski definition) is 6. The number of nitrogens with one attached hydrogen (secondary N) is 1. The fourth-order valence-electron chi connectivity index (χ4n) is 5.09. The molecule has 2 aromatic rings. The van der Waals surface area contributed by atoms with E-state index in [-0.39, 0.29) is 29.3 Å². The van der Waals surface area contributed by atoms with Crippen molar-refractivity contribution in [2.45, 2.75) is 55.6 Å². The van der Waals surface area contributed by atoms with Gasteiger partial charge in [-0.15, -0.1) is 0 Å². The van der Waals surface area contributed by atoms with E-state index in [9.17, 15) is 13.2 Å². The van der Waals surface area contributed by atoms with Crippen LogP contribution in [0, 0.1) is 5.92 Å². The third-order valence-electron chi connectivity index (χ3n) is 6.59. The highest BCUT2D eigenvalue weighted by Gasteiger charge is 2.51. The first-order valence-electron chi connectivity index (χ1n) is 11.1. The molecule has 5 rings (SSSR count). The van der Waals surface area contributed by atoms with E-state index in [1.165, 1.54) is 10.4 Å². The van der Waals surface area contributed by atoms with Gasteiger partial charge < -0.3 is 14.8 Å². The van der Waals surface area contributed by atoms with Crippen LogP contribution in [0.3, 0.4) is 0 Å². The largest absolute Gasteiger partial charge is 0.486 e. The monoisotopic (exact) mass is 457 g/mol. The second kappa shape index (κ2) is 8.71. The Labute approximate surface area is 188 Å². The summed E-state index contributed by atoms with van der Waals surface area (Å²) in [6.07, 6.45) is 5.98. The molecule has 3 atom stereocenters. The minimum Gasteiger partial charge on any atom is -0.486 e. The van der Waals surface area contributed by atoms with Gasteiger partial charge in [-0.05, 0) is 49.4 Å². The first-order valence-corrected chi connectivity index (χ1v) is 12.6. The number of aromatic nitrogens is 1. The maximum absolute atomic E-state index is 13.8. The van der Waals surface area contributed by atoms with Crippen molar-refractivity contribution in [1.82, 2.24) is 14.6 Å². The van der Waals surface area contributed by atoms with Crippen LogP contribution >= 0.6 is 0 Å². The van der Waals surface area contributed by atoms with E-state index in [1.807, 2.05) is 18.2 Å². The molecule has 1 aromatic heterocycles. The van der Waals surface area contributed by atoms with Crippen LogP contribution in [0.25, 0.3) is 0 Å². The first-order chi connectivity index (χ1) is 15.5. The summed E-state index contributed by atoms with van der Waals surface area (Å²) in [5.74, 6) is 0.886. The minimum absolute atomic E-state index is 0.135. The highest BCUT2D eigenvalue weighted by Crippen LogP contribution is 2.43. The van der Waals surface area contributed by atoms with Crippen molar-refractivity contribution in [2.24, 2.45) is 5.92 Å².